The second kappa shape index (κ2) is 10.0. The number of carbonyl (C=O) groups is 2. The Morgan fingerprint density at radius 1 is 1.23 bits per heavy atom. The number of aliphatic hydroxyl groups excluding tert-OH is 1. The molecule has 0 bridgehead atoms. The smallest absolute Gasteiger partial charge is 0.303 e. The van der Waals surface area contributed by atoms with Gasteiger partial charge in [0.2, 0.25) is 5.12 Å². The average molecular weight is 585 g/mol. The maximum atomic E-state index is 13.7. The number of carbonyl (C=O) groups excluding carboxylic acids is 2. The largest absolute Gasteiger partial charge is 0.450 e. The molecule has 5 unspecified atom stereocenters. The number of allylic oxidation sites excluding steroid dienone is 1. The van der Waals surface area contributed by atoms with Gasteiger partial charge in [-0.3, -0.25) is 9.59 Å². The van der Waals surface area contributed by atoms with Gasteiger partial charge in [0.15, 0.2) is 5.60 Å². The van der Waals surface area contributed by atoms with Crippen molar-refractivity contribution in [1.82, 2.24) is 9.78 Å². The molecule has 6 nitrogen and oxygen atoms in total. The third kappa shape index (κ3) is 4.05. The summed E-state index contributed by atoms with van der Waals surface area (Å²) in [4.78, 5) is 26.1. The van der Waals surface area contributed by atoms with Gasteiger partial charge < -0.3 is 9.84 Å². The lowest BCUT2D eigenvalue weighted by Crippen LogP contribution is -2.62. The molecule has 0 spiro atoms. The van der Waals surface area contributed by atoms with Gasteiger partial charge in [-0.1, -0.05) is 31.2 Å². The van der Waals surface area contributed by atoms with Crippen LogP contribution in [0.15, 0.2) is 36.0 Å². The van der Waals surface area contributed by atoms with E-state index in [-0.39, 0.29) is 34.1 Å². The highest BCUT2D eigenvalue weighted by Crippen LogP contribution is 2.68. The van der Waals surface area contributed by atoms with Gasteiger partial charge in [0, 0.05) is 17.4 Å². The number of fused-ring (bicyclic) bond motifs is 6. The molecule has 1 aromatic heterocycles. The number of thioether (sulfide) groups is 2. The Balaban J connectivity index is 1.35. The molecule has 0 saturated heterocycles. The molecule has 0 aliphatic heterocycles. The van der Waals surface area contributed by atoms with E-state index in [4.69, 9.17) is 4.74 Å². The third-order valence-electron chi connectivity index (χ3n) is 10.6. The molecule has 3 saturated carbocycles. The Hall–Kier alpha value is -2.10. The number of rotatable bonds is 5. The minimum Gasteiger partial charge on any atom is -0.450 e. The number of aromatic nitrogens is 2. The predicted octanol–water partition coefficient (Wildman–Crippen LogP) is 6.05. The highest BCUT2D eigenvalue weighted by atomic mass is 32.2. The van der Waals surface area contributed by atoms with E-state index in [1.165, 1.54) is 36.4 Å². The van der Waals surface area contributed by atoms with Crippen molar-refractivity contribution >= 4 is 40.7 Å². The lowest BCUT2D eigenvalue weighted by atomic mass is 9.45. The fourth-order valence-electron chi connectivity index (χ4n) is 8.98. The number of hydrogen-bond donors (Lipinski definition) is 1. The van der Waals surface area contributed by atoms with E-state index in [2.05, 4.69) is 25.0 Å². The molecule has 0 amide bonds. The fourth-order valence-corrected chi connectivity index (χ4v) is 10.5. The number of halogens is 1. The second-order valence-corrected chi connectivity index (χ2v) is 14.7. The van der Waals surface area contributed by atoms with Crippen LogP contribution in [-0.4, -0.2) is 49.0 Å². The van der Waals surface area contributed by atoms with Gasteiger partial charge in [0.1, 0.15) is 5.82 Å². The number of benzene rings is 1. The normalized spacial score (nSPS) is 36.1. The SMILES string of the molecule is CSCSC(=O)C1(OC(C)=O)CC[C@H]2C3CCC4=Cc5c(cnn5-c5ccc(F)cc5)CC4(C)[C@H]3C(O)CC21C. The molecule has 0 radical (unpaired) electrons. The molecular weight excluding hydrogens is 547 g/mol. The van der Waals surface area contributed by atoms with E-state index in [0.717, 1.165) is 42.6 Å². The molecule has 9 heteroatoms. The predicted molar refractivity (Wildman–Crippen MR) is 156 cm³/mol. The van der Waals surface area contributed by atoms with E-state index in [1.807, 2.05) is 17.1 Å². The summed E-state index contributed by atoms with van der Waals surface area (Å²) in [6.45, 7) is 5.76. The van der Waals surface area contributed by atoms with E-state index >= 15 is 0 Å². The van der Waals surface area contributed by atoms with Gasteiger partial charge in [-0.05, 0) is 104 Å². The average Bonchev–Trinajstić information content (AvgIpc) is 3.43. The van der Waals surface area contributed by atoms with E-state index < -0.39 is 23.1 Å². The van der Waals surface area contributed by atoms with Crippen molar-refractivity contribution < 1.29 is 23.8 Å². The quantitative estimate of drug-likeness (QED) is 0.339. The van der Waals surface area contributed by atoms with Crippen molar-refractivity contribution in [2.75, 3.05) is 11.3 Å². The van der Waals surface area contributed by atoms with Crippen LogP contribution in [-0.2, 0) is 20.7 Å². The highest BCUT2D eigenvalue weighted by molar-refractivity contribution is 8.23. The zero-order valence-corrected chi connectivity index (χ0v) is 25.1. The van der Waals surface area contributed by atoms with Crippen molar-refractivity contribution in [2.24, 2.45) is 28.6 Å². The van der Waals surface area contributed by atoms with Crippen molar-refractivity contribution in [1.29, 1.82) is 0 Å². The first-order valence-electron chi connectivity index (χ1n) is 14.1. The summed E-state index contributed by atoms with van der Waals surface area (Å²) in [6, 6.07) is 6.38. The summed E-state index contributed by atoms with van der Waals surface area (Å²) in [6.07, 6.45) is 9.84. The molecular formula is C31H37FN2O4S2. The zero-order chi connectivity index (χ0) is 28.4. The maximum absolute atomic E-state index is 13.7. The minimum atomic E-state index is -1.21. The number of nitrogens with zero attached hydrogens (tertiary/aromatic N) is 2. The molecule has 7 atom stereocenters. The van der Waals surface area contributed by atoms with Crippen LogP contribution in [0.5, 0.6) is 0 Å². The summed E-state index contributed by atoms with van der Waals surface area (Å²) in [5.41, 5.74) is 2.23. The van der Waals surface area contributed by atoms with Gasteiger partial charge in [-0.25, -0.2) is 9.07 Å². The Bertz CT molecular complexity index is 1380. The van der Waals surface area contributed by atoms with Gasteiger partial charge in [-0.15, -0.1) is 0 Å². The van der Waals surface area contributed by atoms with Crippen LogP contribution in [0, 0.1) is 34.4 Å². The molecule has 1 heterocycles. The molecule has 214 valence electrons. The summed E-state index contributed by atoms with van der Waals surface area (Å²) < 4.78 is 21.4. The molecule has 3 fully saturated rings. The molecule has 6 rings (SSSR count). The number of ether oxygens (including phenoxy) is 1. The lowest BCUT2D eigenvalue weighted by molar-refractivity contribution is -0.195. The topological polar surface area (TPSA) is 81.4 Å². The monoisotopic (exact) mass is 584 g/mol. The summed E-state index contributed by atoms with van der Waals surface area (Å²) in [5.74, 6) is -0.270. The maximum Gasteiger partial charge on any atom is 0.303 e. The minimum absolute atomic E-state index is 0.0370. The van der Waals surface area contributed by atoms with Crippen molar-refractivity contribution in [2.45, 2.75) is 71.0 Å². The fraction of sp³-hybridized carbons (Fsp3) is 0.581. The lowest BCUT2D eigenvalue weighted by Gasteiger charge is -2.60. The van der Waals surface area contributed by atoms with Gasteiger partial charge in [0.05, 0.1) is 23.7 Å². The molecule has 1 aromatic carbocycles. The summed E-state index contributed by atoms with van der Waals surface area (Å²) in [7, 11) is 0. The molecule has 2 aromatic rings. The van der Waals surface area contributed by atoms with Crippen LogP contribution in [0.3, 0.4) is 0 Å². The standard InChI is InChI=1S/C31H37FN2O4S2/c1-18(35)38-31(28(37)40-17-39-4)12-11-24-23-10-5-20-13-25-19(16-33-34(25)22-8-6-21(32)7-9-22)14-29(20,2)27(23)26(36)15-30(24,31)3/h6-9,13,16,23-24,26-27,36H,5,10-12,14-15,17H2,1-4H3/t23?,24-,26?,27+,29?,30?,31?/m0/s1. The first-order chi connectivity index (χ1) is 19.0. The summed E-state index contributed by atoms with van der Waals surface area (Å²) in [5, 5.41) is 17.1. The van der Waals surface area contributed by atoms with Crippen LogP contribution in [0.4, 0.5) is 4.39 Å². The Morgan fingerprint density at radius 3 is 2.67 bits per heavy atom. The first kappa shape index (κ1) is 28.0. The molecule has 40 heavy (non-hydrogen) atoms. The van der Waals surface area contributed by atoms with Gasteiger partial charge in [-0.2, -0.15) is 16.9 Å². The van der Waals surface area contributed by atoms with E-state index in [1.54, 1.807) is 23.9 Å². The molecule has 4 aliphatic carbocycles. The number of hydrogen-bond acceptors (Lipinski definition) is 7. The molecule has 1 N–H and O–H groups in total. The number of esters is 1. The van der Waals surface area contributed by atoms with Crippen LogP contribution in [0.1, 0.15) is 64.1 Å². The first-order valence-corrected chi connectivity index (χ1v) is 16.5. The Labute approximate surface area is 243 Å². The van der Waals surface area contributed by atoms with E-state index in [9.17, 15) is 19.1 Å². The zero-order valence-electron chi connectivity index (χ0n) is 23.5. The van der Waals surface area contributed by atoms with Crippen LogP contribution in [0.25, 0.3) is 11.8 Å². The number of aliphatic hydroxyl groups is 1. The van der Waals surface area contributed by atoms with Crippen LogP contribution in [0.2, 0.25) is 0 Å². The Morgan fingerprint density at radius 2 is 1.98 bits per heavy atom. The summed E-state index contributed by atoms with van der Waals surface area (Å²) >= 11 is 2.82. The van der Waals surface area contributed by atoms with Crippen molar-refractivity contribution in [3.63, 3.8) is 0 Å². The van der Waals surface area contributed by atoms with E-state index in [0.29, 0.717) is 17.9 Å². The van der Waals surface area contributed by atoms with Crippen molar-refractivity contribution in [3.8, 4) is 5.69 Å². The molecule has 4 aliphatic rings. The highest BCUT2D eigenvalue weighted by Gasteiger charge is 2.70. The third-order valence-corrected chi connectivity index (χ3v) is 12.6. The second-order valence-electron chi connectivity index (χ2n) is 12.5. The van der Waals surface area contributed by atoms with Gasteiger partial charge >= 0.3 is 5.97 Å². The van der Waals surface area contributed by atoms with Crippen LogP contribution < -0.4 is 0 Å². The Kier molecular flexibility index (Phi) is 7.02. The van der Waals surface area contributed by atoms with Crippen molar-refractivity contribution in [3.05, 3.63) is 53.1 Å². The van der Waals surface area contributed by atoms with Gasteiger partial charge in [0.25, 0.3) is 0 Å². The van der Waals surface area contributed by atoms with Crippen LogP contribution >= 0.6 is 23.5 Å².